The predicted octanol–water partition coefficient (Wildman–Crippen LogP) is 3.65. The highest BCUT2D eigenvalue weighted by atomic mass is 79.9. The third kappa shape index (κ3) is 5.09. The van der Waals surface area contributed by atoms with Crippen molar-refractivity contribution in [2.45, 2.75) is 33.7 Å². The molecule has 2 nitrogen and oxygen atoms in total. The number of nitrogens with zero attached hydrogens (tertiary/aromatic N) is 1. The van der Waals surface area contributed by atoms with Crippen LogP contribution in [0.5, 0.6) is 0 Å². The van der Waals surface area contributed by atoms with Crippen molar-refractivity contribution in [2.24, 2.45) is 11.1 Å². The highest BCUT2D eigenvalue weighted by Gasteiger charge is 2.20. The molecular weight excluding hydrogens is 288 g/mol. The van der Waals surface area contributed by atoms with E-state index in [9.17, 15) is 0 Å². The summed E-state index contributed by atoms with van der Waals surface area (Å²) >= 11 is 3.62. The maximum Gasteiger partial charge on any atom is 0.0245 e. The first-order valence-corrected chi connectivity index (χ1v) is 7.43. The summed E-state index contributed by atoms with van der Waals surface area (Å²) in [6.07, 6.45) is 1.17. The summed E-state index contributed by atoms with van der Waals surface area (Å²) in [5.41, 5.74) is 7.36. The van der Waals surface area contributed by atoms with E-state index in [1.54, 1.807) is 0 Å². The standard InChI is InChI=1S/C15H25BrN2/c1-4-9-18(12-15(2,3)11-17)10-13-7-5-6-8-14(13)16/h5-8H,4,9-12,17H2,1-3H3. The molecule has 3 heteroatoms. The Kier molecular flexibility index (Phi) is 6.33. The van der Waals surface area contributed by atoms with Crippen LogP contribution < -0.4 is 5.73 Å². The van der Waals surface area contributed by atoms with Crippen LogP contribution in [-0.2, 0) is 6.54 Å². The second-order valence-corrected chi connectivity index (χ2v) is 6.52. The van der Waals surface area contributed by atoms with Gasteiger partial charge in [-0.05, 0) is 36.6 Å². The lowest BCUT2D eigenvalue weighted by atomic mass is 9.93. The SMILES string of the molecule is CCCN(Cc1ccccc1Br)CC(C)(C)CN. The van der Waals surface area contributed by atoms with Gasteiger partial charge < -0.3 is 5.73 Å². The van der Waals surface area contributed by atoms with Crippen molar-refractivity contribution in [1.29, 1.82) is 0 Å². The van der Waals surface area contributed by atoms with E-state index in [1.807, 2.05) is 0 Å². The zero-order valence-electron chi connectivity index (χ0n) is 11.7. The third-order valence-electron chi connectivity index (χ3n) is 3.10. The van der Waals surface area contributed by atoms with Crippen LogP contribution in [0.4, 0.5) is 0 Å². The van der Waals surface area contributed by atoms with E-state index in [4.69, 9.17) is 5.73 Å². The molecule has 0 aliphatic carbocycles. The largest absolute Gasteiger partial charge is 0.330 e. The van der Waals surface area contributed by atoms with Crippen LogP contribution in [-0.4, -0.2) is 24.5 Å². The molecule has 0 amide bonds. The van der Waals surface area contributed by atoms with Crippen molar-refractivity contribution >= 4 is 15.9 Å². The van der Waals surface area contributed by atoms with Crippen LogP contribution in [0.1, 0.15) is 32.8 Å². The molecule has 0 heterocycles. The van der Waals surface area contributed by atoms with Crippen LogP contribution in [0.2, 0.25) is 0 Å². The van der Waals surface area contributed by atoms with Gasteiger partial charge in [-0.1, -0.05) is 54.9 Å². The van der Waals surface area contributed by atoms with Crippen molar-refractivity contribution in [1.82, 2.24) is 4.90 Å². The molecule has 0 atom stereocenters. The summed E-state index contributed by atoms with van der Waals surface area (Å²) in [6.45, 7) is 10.6. The molecule has 0 aliphatic heterocycles. The number of rotatable bonds is 7. The first kappa shape index (κ1) is 15.7. The lowest BCUT2D eigenvalue weighted by Gasteiger charge is -2.32. The molecule has 0 aromatic heterocycles. The second kappa shape index (κ2) is 7.27. The number of nitrogens with two attached hydrogens (primary N) is 1. The number of benzene rings is 1. The van der Waals surface area contributed by atoms with E-state index in [-0.39, 0.29) is 5.41 Å². The van der Waals surface area contributed by atoms with Gasteiger partial charge in [-0.3, -0.25) is 4.90 Å². The quantitative estimate of drug-likeness (QED) is 0.832. The Morgan fingerprint density at radius 3 is 2.50 bits per heavy atom. The van der Waals surface area contributed by atoms with Gasteiger partial charge in [-0.2, -0.15) is 0 Å². The third-order valence-corrected chi connectivity index (χ3v) is 3.87. The lowest BCUT2D eigenvalue weighted by molar-refractivity contribution is 0.175. The molecule has 0 saturated heterocycles. The molecule has 0 aliphatic rings. The van der Waals surface area contributed by atoms with Crippen molar-refractivity contribution in [3.63, 3.8) is 0 Å². The molecule has 2 N–H and O–H groups in total. The summed E-state index contributed by atoms with van der Waals surface area (Å²) in [6, 6.07) is 8.44. The van der Waals surface area contributed by atoms with Gasteiger partial charge in [0.25, 0.3) is 0 Å². The Balaban J connectivity index is 2.72. The van der Waals surface area contributed by atoms with Gasteiger partial charge in [0, 0.05) is 17.6 Å². The molecular formula is C15H25BrN2. The van der Waals surface area contributed by atoms with Crippen LogP contribution in [0.3, 0.4) is 0 Å². The zero-order valence-corrected chi connectivity index (χ0v) is 13.3. The maximum absolute atomic E-state index is 5.84. The van der Waals surface area contributed by atoms with E-state index in [0.29, 0.717) is 0 Å². The van der Waals surface area contributed by atoms with Crippen molar-refractivity contribution < 1.29 is 0 Å². The van der Waals surface area contributed by atoms with Crippen molar-refractivity contribution in [2.75, 3.05) is 19.6 Å². The summed E-state index contributed by atoms with van der Waals surface area (Å²) < 4.78 is 1.19. The van der Waals surface area contributed by atoms with Crippen molar-refractivity contribution in [3.05, 3.63) is 34.3 Å². The predicted molar refractivity (Wildman–Crippen MR) is 82.5 cm³/mol. The maximum atomic E-state index is 5.84. The smallest absolute Gasteiger partial charge is 0.0245 e. The molecule has 18 heavy (non-hydrogen) atoms. The minimum Gasteiger partial charge on any atom is -0.330 e. The Morgan fingerprint density at radius 1 is 1.28 bits per heavy atom. The van der Waals surface area contributed by atoms with Gasteiger partial charge in [-0.25, -0.2) is 0 Å². The van der Waals surface area contributed by atoms with Crippen LogP contribution in [0.15, 0.2) is 28.7 Å². The summed E-state index contributed by atoms with van der Waals surface area (Å²) in [5, 5.41) is 0. The van der Waals surface area contributed by atoms with Crippen molar-refractivity contribution in [3.8, 4) is 0 Å². The minimum absolute atomic E-state index is 0.177. The normalized spacial score (nSPS) is 12.1. The second-order valence-electron chi connectivity index (χ2n) is 5.67. The number of hydrogen-bond donors (Lipinski definition) is 1. The molecule has 0 fully saturated rings. The highest BCUT2D eigenvalue weighted by molar-refractivity contribution is 9.10. The van der Waals surface area contributed by atoms with E-state index >= 15 is 0 Å². The molecule has 0 bridgehead atoms. The summed E-state index contributed by atoms with van der Waals surface area (Å²) in [5.74, 6) is 0. The topological polar surface area (TPSA) is 29.3 Å². The highest BCUT2D eigenvalue weighted by Crippen LogP contribution is 2.21. The average Bonchev–Trinajstić information content (AvgIpc) is 2.32. The van der Waals surface area contributed by atoms with Crippen LogP contribution in [0, 0.1) is 5.41 Å². The Bertz CT molecular complexity index is 363. The fraction of sp³-hybridized carbons (Fsp3) is 0.600. The number of halogens is 1. The minimum atomic E-state index is 0.177. The van der Waals surface area contributed by atoms with E-state index < -0.39 is 0 Å². The molecule has 0 radical (unpaired) electrons. The lowest BCUT2D eigenvalue weighted by Crippen LogP contribution is -2.38. The first-order chi connectivity index (χ1) is 8.48. The van der Waals surface area contributed by atoms with E-state index in [2.05, 4.69) is 65.9 Å². The van der Waals surface area contributed by atoms with Crippen LogP contribution >= 0.6 is 15.9 Å². The molecule has 0 spiro atoms. The molecule has 102 valence electrons. The summed E-state index contributed by atoms with van der Waals surface area (Å²) in [7, 11) is 0. The van der Waals surface area contributed by atoms with Gasteiger partial charge in [0.05, 0.1) is 0 Å². The zero-order chi connectivity index (χ0) is 13.6. The van der Waals surface area contributed by atoms with Gasteiger partial charge in [0.1, 0.15) is 0 Å². The first-order valence-electron chi connectivity index (χ1n) is 6.64. The van der Waals surface area contributed by atoms with Gasteiger partial charge >= 0.3 is 0 Å². The molecule has 0 unspecified atom stereocenters. The van der Waals surface area contributed by atoms with Crippen LogP contribution in [0.25, 0.3) is 0 Å². The molecule has 1 rings (SSSR count). The van der Waals surface area contributed by atoms with E-state index in [1.165, 1.54) is 16.5 Å². The fourth-order valence-electron chi connectivity index (χ4n) is 2.07. The monoisotopic (exact) mass is 312 g/mol. The average molecular weight is 313 g/mol. The fourth-order valence-corrected chi connectivity index (χ4v) is 2.48. The Labute approximate surface area is 120 Å². The van der Waals surface area contributed by atoms with Gasteiger partial charge in [0.15, 0.2) is 0 Å². The van der Waals surface area contributed by atoms with Gasteiger partial charge in [0.2, 0.25) is 0 Å². The molecule has 1 aromatic carbocycles. The molecule has 1 aromatic rings. The Morgan fingerprint density at radius 2 is 1.94 bits per heavy atom. The molecule has 0 saturated carbocycles. The Hall–Kier alpha value is -0.380. The van der Waals surface area contributed by atoms with E-state index in [0.717, 1.165) is 26.2 Å². The van der Waals surface area contributed by atoms with Gasteiger partial charge in [-0.15, -0.1) is 0 Å². The number of hydrogen-bond acceptors (Lipinski definition) is 2. The summed E-state index contributed by atoms with van der Waals surface area (Å²) in [4.78, 5) is 2.49.